The number of unbranched alkanes of at least 4 members (excludes halogenated alkanes) is 3. The van der Waals surface area contributed by atoms with Crippen molar-refractivity contribution in [2.24, 2.45) is 5.73 Å². The molecule has 35 heavy (non-hydrogen) atoms. The molecule has 1 unspecified atom stereocenters. The molecule has 10 heteroatoms. The third-order valence-electron chi connectivity index (χ3n) is 5.71. The van der Waals surface area contributed by atoms with Crippen LogP contribution in [0.25, 0.3) is 10.8 Å². The van der Waals surface area contributed by atoms with Crippen LogP contribution in [0, 0.1) is 5.82 Å². The molecular formula is C25H34FN5O3S. The van der Waals surface area contributed by atoms with Crippen LogP contribution in [0.5, 0.6) is 0 Å². The number of hydrogen-bond donors (Lipinski definition) is 4. The van der Waals surface area contributed by atoms with Crippen molar-refractivity contribution in [3.8, 4) is 0 Å². The lowest BCUT2D eigenvalue weighted by Crippen LogP contribution is -2.36. The third kappa shape index (κ3) is 8.41. The first-order chi connectivity index (χ1) is 17.0. The summed E-state index contributed by atoms with van der Waals surface area (Å²) in [6, 6.07) is 10.3. The smallest absolute Gasteiger partial charge is 0.267 e. The number of anilines is 1. The highest BCUT2D eigenvalue weighted by molar-refractivity contribution is 8.04. The van der Waals surface area contributed by atoms with Gasteiger partial charge in [-0.25, -0.2) is 4.39 Å². The summed E-state index contributed by atoms with van der Waals surface area (Å²) in [7, 11) is 1.74. The van der Waals surface area contributed by atoms with Crippen molar-refractivity contribution >= 4 is 40.4 Å². The molecule has 5 N–H and O–H groups in total. The van der Waals surface area contributed by atoms with Gasteiger partial charge in [0.1, 0.15) is 22.8 Å². The maximum Gasteiger partial charge on any atom is 0.267 e. The Morgan fingerprint density at radius 2 is 1.94 bits per heavy atom. The zero-order valence-electron chi connectivity index (χ0n) is 20.0. The first kappa shape index (κ1) is 26.8. The summed E-state index contributed by atoms with van der Waals surface area (Å²) in [5.41, 5.74) is 6.36. The molecule has 8 nitrogen and oxygen atoms in total. The van der Waals surface area contributed by atoms with Crippen LogP contribution in [0.4, 0.5) is 10.1 Å². The van der Waals surface area contributed by atoms with Gasteiger partial charge in [0.15, 0.2) is 5.50 Å². The van der Waals surface area contributed by atoms with Crippen molar-refractivity contribution < 1.29 is 18.7 Å². The first-order valence-corrected chi connectivity index (χ1v) is 12.7. The van der Waals surface area contributed by atoms with Gasteiger partial charge < -0.3 is 31.2 Å². The number of carbonyl (C=O) groups is 2. The number of carbonyl (C=O) groups excluding carboxylic acids is 2. The van der Waals surface area contributed by atoms with Gasteiger partial charge in [-0.1, -0.05) is 30.3 Å². The Bertz CT molecular complexity index is 1030. The molecule has 0 bridgehead atoms. The number of thioether (sulfide) groups is 1. The normalized spacial score (nSPS) is 17.9. The number of nitrogens with one attached hydrogen (secondary N) is 3. The number of rotatable bonds is 10. The molecule has 2 aliphatic rings. The minimum Gasteiger partial charge on any atom is -0.381 e. The highest BCUT2D eigenvalue weighted by Crippen LogP contribution is 2.29. The predicted molar refractivity (Wildman–Crippen MR) is 139 cm³/mol. The molecule has 2 aromatic carbocycles. The van der Waals surface area contributed by atoms with Crippen molar-refractivity contribution in [1.82, 2.24) is 15.5 Å². The first-order valence-electron chi connectivity index (χ1n) is 11.8. The number of benzene rings is 2. The summed E-state index contributed by atoms with van der Waals surface area (Å²) in [6.07, 6.45) is 5.18. The molecule has 0 radical (unpaired) electrons. The van der Waals surface area contributed by atoms with Gasteiger partial charge in [-0.3, -0.25) is 9.69 Å². The molecule has 0 aromatic heterocycles. The number of primary amides is 1. The van der Waals surface area contributed by atoms with E-state index in [1.54, 1.807) is 13.1 Å². The van der Waals surface area contributed by atoms with Crippen molar-refractivity contribution in [2.75, 3.05) is 45.2 Å². The Kier molecular flexibility index (Phi) is 10.6. The number of nitrogens with two attached hydrogens (primary N) is 1. The van der Waals surface area contributed by atoms with Gasteiger partial charge in [0.25, 0.3) is 5.91 Å². The summed E-state index contributed by atoms with van der Waals surface area (Å²) < 4.78 is 18.4. The number of morpholine rings is 1. The van der Waals surface area contributed by atoms with Gasteiger partial charge in [0.05, 0.1) is 13.2 Å². The van der Waals surface area contributed by atoms with Crippen LogP contribution in [0.3, 0.4) is 0 Å². The molecule has 1 saturated heterocycles. The van der Waals surface area contributed by atoms with Gasteiger partial charge >= 0.3 is 0 Å². The molecule has 2 aliphatic heterocycles. The summed E-state index contributed by atoms with van der Waals surface area (Å²) in [5.74, 6) is -0.759. The lowest BCUT2D eigenvalue weighted by molar-refractivity contribution is -0.115. The Labute approximate surface area is 209 Å². The summed E-state index contributed by atoms with van der Waals surface area (Å²) in [4.78, 5) is 23.8. The van der Waals surface area contributed by atoms with E-state index in [-0.39, 0.29) is 11.3 Å². The van der Waals surface area contributed by atoms with Crippen LogP contribution in [-0.2, 0) is 14.3 Å². The van der Waals surface area contributed by atoms with E-state index in [1.165, 1.54) is 43.3 Å². The number of fused-ring (bicyclic) bond motifs is 1. The van der Waals surface area contributed by atoms with Crippen molar-refractivity contribution in [3.05, 3.63) is 52.9 Å². The summed E-state index contributed by atoms with van der Waals surface area (Å²) in [6.45, 7) is 5.09. The second kappa shape index (κ2) is 13.9. The molecule has 1 fully saturated rings. The lowest BCUT2D eigenvalue weighted by Gasteiger charge is -2.26. The van der Waals surface area contributed by atoms with E-state index in [0.29, 0.717) is 10.7 Å². The van der Waals surface area contributed by atoms with Crippen LogP contribution in [0.1, 0.15) is 25.7 Å². The third-order valence-corrected chi connectivity index (χ3v) is 6.83. The summed E-state index contributed by atoms with van der Waals surface area (Å²) >= 11 is 1.44. The zero-order chi connectivity index (χ0) is 25.0. The second-order valence-electron chi connectivity index (χ2n) is 8.28. The fraction of sp³-hybridized carbons (Fsp3) is 0.440. The van der Waals surface area contributed by atoms with Gasteiger partial charge in [-0.05, 0) is 54.4 Å². The topological polar surface area (TPSA) is 109 Å². The highest BCUT2D eigenvalue weighted by Gasteiger charge is 2.26. The Morgan fingerprint density at radius 3 is 2.63 bits per heavy atom. The fourth-order valence-electron chi connectivity index (χ4n) is 3.86. The molecule has 4 rings (SSSR count). The minimum atomic E-state index is -0.505. The molecule has 0 spiro atoms. The van der Waals surface area contributed by atoms with Crippen LogP contribution < -0.4 is 21.7 Å². The number of nitrogens with zero attached hydrogens (tertiary/aromatic N) is 1. The molecule has 0 aliphatic carbocycles. The summed E-state index contributed by atoms with van der Waals surface area (Å²) in [5, 5.41) is 11.7. The number of hydrogen-bond acceptors (Lipinski definition) is 8. The maximum atomic E-state index is 13.2. The monoisotopic (exact) mass is 503 g/mol. The van der Waals surface area contributed by atoms with Crippen molar-refractivity contribution in [1.29, 1.82) is 0 Å². The highest BCUT2D eigenvalue weighted by atomic mass is 32.2. The van der Waals surface area contributed by atoms with Gasteiger partial charge in [0.2, 0.25) is 0 Å². The molecular weight excluding hydrogens is 469 g/mol. The van der Waals surface area contributed by atoms with Crippen LogP contribution in [-0.4, -0.2) is 62.5 Å². The number of ether oxygens (including phenoxy) is 1. The second-order valence-corrected chi connectivity index (χ2v) is 9.40. The Balaban J connectivity index is 0.000000225. The molecule has 2 aromatic rings. The minimum absolute atomic E-state index is 0.206. The Hall–Kier alpha value is -2.82. The van der Waals surface area contributed by atoms with E-state index in [1.807, 2.05) is 18.2 Å². The van der Waals surface area contributed by atoms with E-state index >= 15 is 0 Å². The van der Waals surface area contributed by atoms with Gasteiger partial charge in [-0.2, -0.15) is 0 Å². The van der Waals surface area contributed by atoms with E-state index in [9.17, 15) is 14.0 Å². The van der Waals surface area contributed by atoms with Crippen LogP contribution in [0.15, 0.2) is 47.1 Å². The fourth-order valence-corrected chi connectivity index (χ4v) is 4.86. The van der Waals surface area contributed by atoms with Crippen LogP contribution >= 0.6 is 11.8 Å². The number of amides is 1. The number of aldehydes is 1. The molecule has 1 atom stereocenters. The standard InChI is InChI=1S/C15H15FN4OS.C10H19NO2/c1-18-14-12(13(17)21)20-15(22-14)19-11-5-3-8-6-10(16)4-2-9(8)7-11;12-8-4-2-1-3-5-11-6-9-13-10-7-11/h2-7,15,18-20H,1H3,(H2,17,21);8H,1-7,9-10H2. The molecule has 2 heterocycles. The van der Waals surface area contributed by atoms with Crippen molar-refractivity contribution in [2.45, 2.75) is 31.2 Å². The van der Waals surface area contributed by atoms with E-state index in [4.69, 9.17) is 10.5 Å². The largest absolute Gasteiger partial charge is 0.381 e. The Morgan fingerprint density at radius 1 is 1.20 bits per heavy atom. The molecule has 190 valence electrons. The van der Waals surface area contributed by atoms with E-state index in [2.05, 4.69) is 20.9 Å². The number of halogens is 1. The zero-order valence-corrected chi connectivity index (χ0v) is 20.8. The predicted octanol–water partition coefficient (Wildman–Crippen LogP) is 2.96. The van der Waals surface area contributed by atoms with Gasteiger partial charge in [0, 0.05) is 32.2 Å². The lowest BCUT2D eigenvalue weighted by atomic mass is 10.1. The SMILES string of the molecule is CNC1=C(C(N)=O)NC(Nc2ccc3cc(F)ccc3c2)S1.O=CCCCCCN1CCOCC1. The average Bonchev–Trinajstić information content (AvgIpc) is 3.28. The van der Waals surface area contributed by atoms with Crippen LogP contribution in [0.2, 0.25) is 0 Å². The van der Waals surface area contributed by atoms with Crippen molar-refractivity contribution in [3.63, 3.8) is 0 Å². The molecule has 1 amide bonds. The quantitative estimate of drug-likeness (QED) is 0.290. The van der Waals surface area contributed by atoms with Gasteiger partial charge in [-0.15, -0.1) is 0 Å². The average molecular weight is 504 g/mol. The van der Waals surface area contributed by atoms with E-state index in [0.717, 1.165) is 61.9 Å². The maximum absolute atomic E-state index is 13.2. The van der Waals surface area contributed by atoms with E-state index < -0.39 is 5.91 Å². The molecule has 0 saturated carbocycles.